The van der Waals surface area contributed by atoms with Crippen molar-refractivity contribution in [3.05, 3.63) is 105 Å². The molecule has 0 aliphatic heterocycles. The first-order valence-electron chi connectivity index (χ1n) is 7.81. The van der Waals surface area contributed by atoms with Gasteiger partial charge in [-0.3, -0.25) is 0 Å². The van der Waals surface area contributed by atoms with Gasteiger partial charge in [-0.15, -0.1) is 0 Å². The number of alkyl halides is 3. The van der Waals surface area contributed by atoms with E-state index >= 15 is 0 Å². The van der Waals surface area contributed by atoms with Crippen LogP contribution in [0, 0.1) is 10.5 Å². The van der Waals surface area contributed by atoms with Crippen LogP contribution in [-0.4, -0.2) is 6.18 Å². The molecule has 0 N–H and O–H groups in total. The van der Waals surface area contributed by atoms with E-state index in [1.807, 2.05) is 13.0 Å². The zero-order chi connectivity index (χ0) is 18.1. The fraction of sp³-hybridized carbons (Fsp3) is 0.143. The Morgan fingerprint density at radius 2 is 1.24 bits per heavy atom. The Kier molecular flexibility index (Phi) is 4.91. The predicted molar refractivity (Wildman–Crippen MR) is 103 cm³/mol. The zero-order valence-corrected chi connectivity index (χ0v) is 15.7. The molecule has 0 aromatic heterocycles. The molecule has 3 rings (SSSR count). The van der Waals surface area contributed by atoms with Crippen molar-refractivity contribution in [1.82, 2.24) is 0 Å². The van der Waals surface area contributed by atoms with E-state index < -0.39 is 11.6 Å². The highest BCUT2D eigenvalue weighted by atomic mass is 127. The molecule has 0 saturated heterocycles. The Morgan fingerprint density at radius 3 is 1.80 bits per heavy atom. The van der Waals surface area contributed by atoms with Gasteiger partial charge in [0, 0.05) is 3.57 Å². The highest BCUT2D eigenvalue weighted by molar-refractivity contribution is 14.1. The van der Waals surface area contributed by atoms with Gasteiger partial charge < -0.3 is 0 Å². The third kappa shape index (κ3) is 3.19. The van der Waals surface area contributed by atoms with Gasteiger partial charge in [0.2, 0.25) is 0 Å². The lowest BCUT2D eigenvalue weighted by Crippen LogP contribution is -2.44. The maximum atomic E-state index is 14.7. The Morgan fingerprint density at radius 1 is 0.680 bits per heavy atom. The minimum Gasteiger partial charge on any atom is -0.169 e. The molecule has 25 heavy (non-hydrogen) atoms. The summed E-state index contributed by atoms with van der Waals surface area (Å²) in [4.78, 5) is 0. The number of rotatable bonds is 3. The van der Waals surface area contributed by atoms with E-state index in [9.17, 15) is 13.2 Å². The number of aryl methyl sites for hydroxylation is 1. The molecule has 1 unspecified atom stereocenters. The largest absolute Gasteiger partial charge is 0.406 e. The molecule has 1 atom stereocenters. The van der Waals surface area contributed by atoms with Crippen LogP contribution in [0.25, 0.3) is 0 Å². The van der Waals surface area contributed by atoms with Crippen LogP contribution in [0.5, 0.6) is 0 Å². The molecule has 0 amide bonds. The van der Waals surface area contributed by atoms with Gasteiger partial charge in [-0.25, -0.2) is 0 Å². The van der Waals surface area contributed by atoms with Gasteiger partial charge in [0.05, 0.1) is 0 Å². The molecule has 0 bridgehead atoms. The van der Waals surface area contributed by atoms with Crippen LogP contribution in [0.15, 0.2) is 78.9 Å². The molecular weight excluding hydrogens is 436 g/mol. The first-order valence-corrected chi connectivity index (χ1v) is 8.89. The minimum atomic E-state index is -4.49. The van der Waals surface area contributed by atoms with E-state index in [4.69, 9.17) is 0 Å². The van der Waals surface area contributed by atoms with Crippen LogP contribution in [0.4, 0.5) is 13.2 Å². The molecule has 0 aliphatic rings. The van der Waals surface area contributed by atoms with Crippen LogP contribution in [-0.2, 0) is 5.41 Å². The van der Waals surface area contributed by atoms with Crippen LogP contribution in [0.3, 0.4) is 0 Å². The molecule has 4 heteroatoms. The van der Waals surface area contributed by atoms with Gasteiger partial charge in [-0.2, -0.15) is 13.2 Å². The molecule has 0 nitrogen and oxygen atoms in total. The van der Waals surface area contributed by atoms with E-state index in [-0.39, 0.29) is 16.7 Å². The average molecular weight is 452 g/mol. The van der Waals surface area contributed by atoms with Crippen LogP contribution in [0.2, 0.25) is 0 Å². The molecule has 0 heterocycles. The number of halogens is 4. The molecule has 0 spiro atoms. The summed E-state index contributed by atoms with van der Waals surface area (Å²) in [6.45, 7) is 1.81. The third-order valence-corrected chi connectivity index (χ3v) is 5.01. The number of benzene rings is 3. The standard InChI is InChI=1S/C21H16F3I/c1-15-7-5-10-17(13-15)20(21(22,23)24,16-8-3-2-4-9-16)18-11-6-12-19(25)14-18/h2-14H,1H3. The molecule has 0 radical (unpaired) electrons. The van der Waals surface area contributed by atoms with Crippen LogP contribution < -0.4 is 0 Å². The Hall–Kier alpha value is -1.82. The first-order chi connectivity index (χ1) is 11.9. The maximum absolute atomic E-state index is 14.7. The molecule has 3 aromatic rings. The smallest absolute Gasteiger partial charge is 0.169 e. The Labute approximate surface area is 158 Å². The van der Waals surface area contributed by atoms with Gasteiger partial charge in [0.1, 0.15) is 5.41 Å². The van der Waals surface area contributed by atoms with Crippen LogP contribution >= 0.6 is 22.6 Å². The summed E-state index contributed by atoms with van der Waals surface area (Å²) in [5, 5.41) is 0. The van der Waals surface area contributed by atoms with Crippen LogP contribution in [0.1, 0.15) is 22.3 Å². The highest BCUT2D eigenvalue weighted by Gasteiger charge is 2.58. The van der Waals surface area contributed by atoms with Crippen molar-refractivity contribution in [3.8, 4) is 0 Å². The quantitative estimate of drug-likeness (QED) is 0.315. The van der Waals surface area contributed by atoms with Crippen molar-refractivity contribution in [3.63, 3.8) is 0 Å². The van der Waals surface area contributed by atoms with Crippen molar-refractivity contribution in [2.45, 2.75) is 18.5 Å². The van der Waals surface area contributed by atoms with E-state index in [0.29, 0.717) is 0 Å². The summed E-state index contributed by atoms with van der Waals surface area (Å²) in [5.74, 6) is 0. The Bertz CT molecular complexity index is 824. The average Bonchev–Trinajstić information content (AvgIpc) is 2.55. The van der Waals surface area contributed by atoms with Gasteiger partial charge in [-0.1, -0.05) is 72.3 Å². The van der Waals surface area contributed by atoms with Gasteiger partial charge in [0.15, 0.2) is 0 Å². The van der Waals surface area contributed by atoms with E-state index in [1.54, 1.807) is 72.8 Å². The highest BCUT2D eigenvalue weighted by Crippen LogP contribution is 2.51. The molecule has 3 aromatic carbocycles. The Balaban J connectivity index is 2.45. The number of hydrogen-bond donors (Lipinski definition) is 0. The second-order valence-corrected chi connectivity index (χ2v) is 7.24. The first kappa shape index (κ1) is 18.0. The van der Waals surface area contributed by atoms with Crippen molar-refractivity contribution < 1.29 is 13.2 Å². The third-order valence-electron chi connectivity index (χ3n) is 4.34. The van der Waals surface area contributed by atoms with E-state index in [2.05, 4.69) is 22.6 Å². The topological polar surface area (TPSA) is 0 Å². The van der Waals surface area contributed by atoms with Gasteiger partial charge in [0.25, 0.3) is 0 Å². The van der Waals surface area contributed by atoms with Gasteiger partial charge in [-0.05, 0) is 58.3 Å². The molecule has 0 saturated carbocycles. The second-order valence-electron chi connectivity index (χ2n) is 5.99. The number of hydrogen-bond acceptors (Lipinski definition) is 0. The van der Waals surface area contributed by atoms with Crippen molar-refractivity contribution in [1.29, 1.82) is 0 Å². The fourth-order valence-electron chi connectivity index (χ4n) is 3.28. The minimum absolute atomic E-state index is 0.218. The maximum Gasteiger partial charge on any atom is 0.406 e. The summed E-state index contributed by atoms with van der Waals surface area (Å²) in [6, 6.07) is 21.5. The van der Waals surface area contributed by atoms with Gasteiger partial charge >= 0.3 is 6.18 Å². The predicted octanol–water partition coefficient (Wildman–Crippen LogP) is 6.50. The lowest BCUT2D eigenvalue weighted by atomic mass is 9.68. The van der Waals surface area contributed by atoms with Crippen molar-refractivity contribution >= 4 is 22.6 Å². The molecule has 0 aliphatic carbocycles. The summed E-state index contributed by atoms with van der Waals surface area (Å²) in [6.07, 6.45) is -4.49. The second kappa shape index (κ2) is 6.83. The molecular formula is C21H16F3I. The summed E-state index contributed by atoms with van der Waals surface area (Å²) in [7, 11) is 0. The zero-order valence-electron chi connectivity index (χ0n) is 13.5. The lowest BCUT2D eigenvalue weighted by molar-refractivity contribution is -0.166. The van der Waals surface area contributed by atoms with E-state index in [1.165, 1.54) is 0 Å². The van der Waals surface area contributed by atoms with Crippen molar-refractivity contribution in [2.75, 3.05) is 0 Å². The SMILES string of the molecule is Cc1cccc(C(c2ccccc2)(c2cccc(I)c2)C(F)(F)F)c1. The summed E-state index contributed by atoms with van der Waals surface area (Å²) < 4.78 is 44.9. The normalized spacial score (nSPS) is 14.1. The monoisotopic (exact) mass is 452 g/mol. The lowest BCUT2D eigenvalue weighted by Gasteiger charge is -2.38. The molecule has 0 fully saturated rings. The summed E-state index contributed by atoms with van der Waals surface area (Å²) in [5.41, 5.74) is -0.735. The molecule has 128 valence electrons. The summed E-state index contributed by atoms with van der Waals surface area (Å²) >= 11 is 2.05. The van der Waals surface area contributed by atoms with Crippen molar-refractivity contribution in [2.24, 2.45) is 0 Å². The fourth-order valence-corrected chi connectivity index (χ4v) is 3.82. The van der Waals surface area contributed by atoms with E-state index in [0.717, 1.165) is 9.13 Å².